The maximum Gasteiger partial charge on any atom is 0.343 e. The maximum absolute atomic E-state index is 12.6. The van der Waals surface area contributed by atoms with Crippen molar-refractivity contribution in [2.45, 2.75) is 6.42 Å². The van der Waals surface area contributed by atoms with Crippen LogP contribution >= 0.6 is 11.6 Å². The Kier molecular flexibility index (Phi) is 10.1. The number of hydrogen-bond donors (Lipinski definition) is 2. The van der Waals surface area contributed by atoms with Gasteiger partial charge in [0.25, 0.3) is 5.91 Å². The third-order valence-corrected chi connectivity index (χ3v) is 5.48. The average Bonchev–Trinajstić information content (AvgIpc) is 2.93. The summed E-state index contributed by atoms with van der Waals surface area (Å²) in [5.74, 6) is -0.0248. The number of methoxy groups -OCH3 is 3. The molecule has 0 aliphatic heterocycles. The first-order valence-corrected chi connectivity index (χ1v) is 11.7. The van der Waals surface area contributed by atoms with Gasteiger partial charge in [0.1, 0.15) is 5.75 Å². The molecule has 198 valence electrons. The molecular weight excluding hydrogens is 514 g/mol. The number of nitrogens with one attached hydrogen (secondary N) is 2. The Morgan fingerprint density at radius 2 is 1.58 bits per heavy atom. The molecule has 0 saturated carbocycles. The zero-order valence-electron chi connectivity index (χ0n) is 20.9. The summed E-state index contributed by atoms with van der Waals surface area (Å²) < 4.78 is 21.2. The first-order chi connectivity index (χ1) is 18.4. The lowest BCUT2D eigenvalue weighted by Gasteiger charge is -2.13. The van der Waals surface area contributed by atoms with E-state index in [1.165, 1.54) is 39.7 Å². The zero-order chi connectivity index (χ0) is 27.5. The van der Waals surface area contributed by atoms with Gasteiger partial charge in [0.15, 0.2) is 11.5 Å². The van der Waals surface area contributed by atoms with Crippen molar-refractivity contribution in [2.75, 3.05) is 27.9 Å². The van der Waals surface area contributed by atoms with E-state index in [9.17, 15) is 14.4 Å². The van der Waals surface area contributed by atoms with E-state index in [0.29, 0.717) is 39.1 Å². The Bertz CT molecular complexity index is 1300. The third kappa shape index (κ3) is 7.47. The van der Waals surface area contributed by atoms with Crippen molar-refractivity contribution < 1.29 is 33.3 Å². The number of nitrogens with zero attached hydrogens (tertiary/aromatic N) is 1. The first-order valence-electron chi connectivity index (χ1n) is 11.3. The van der Waals surface area contributed by atoms with Gasteiger partial charge in [-0.25, -0.2) is 10.2 Å². The van der Waals surface area contributed by atoms with Crippen molar-refractivity contribution in [1.29, 1.82) is 0 Å². The second-order valence-corrected chi connectivity index (χ2v) is 8.06. The number of carbonyl (C=O) groups is 3. The van der Waals surface area contributed by atoms with E-state index in [4.69, 9.17) is 30.5 Å². The molecule has 38 heavy (non-hydrogen) atoms. The van der Waals surface area contributed by atoms with Gasteiger partial charge in [-0.15, -0.1) is 0 Å². The van der Waals surface area contributed by atoms with Gasteiger partial charge in [-0.1, -0.05) is 23.7 Å². The minimum absolute atomic E-state index is 0.0311. The second kappa shape index (κ2) is 13.7. The molecule has 0 radical (unpaired) electrons. The van der Waals surface area contributed by atoms with E-state index < -0.39 is 5.97 Å². The molecule has 3 aromatic rings. The zero-order valence-corrected chi connectivity index (χ0v) is 21.7. The summed E-state index contributed by atoms with van der Waals surface area (Å²) in [4.78, 5) is 36.7. The molecule has 0 unspecified atom stereocenters. The lowest BCUT2D eigenvalue weighted by Crippen LogP contribution is -2.29. The second-order valence-electron chi connectivity index (χ2n) is 7.65. The Hall–Kier alpha value is -4.57. The van der Waals surface area contributed by atoms with Crippen molar-refractivity contribution >= 4 is 35.6 Å². The molecule has 3 aromatic carbocycles. The maximum atomic E-state index is 12.6. The number of halogens is 1. The fraction of sp³-hybridized carbons (Fsp3) is 0.185. The van der Waals surface area contributed by atoms with E-state index in [0.717, 1.165) is 0 Å². The minimum atomic E-state index is -0.612. The normalized spacial score (nSPS) is 10.5. The highest BCUT2D eigenvalue weighted by Gasteiger charge is 2.18. The van der Waals surface area contributed by atoms with Crippen LogP contribution in [0.4, 0.5) is 0 Å². The Morgan fingerprint density at radius 1 is 0.921 bits per heavy atom. The van der Waals surface area contributed by atoms with Gasteiger partial charge < -0.3 is 24.3 Å². The summed E-state index contributed by atoms with van der Waals surface area (Å²) in [6, 6.07) is 16.1. The topological polar surface area (TPSA) is 125 Å². The van der Waals surface area contributed by atoms with Gasteiger partial charge in [-0.05, 0) is 54.1 Å². The standard InChI is InChI=1S/C27H26ClN3O7/c1-35-22-14-18(15-23(36-2)25(22)37-3)27(34)38-19-10-8-17(9-11-19)16-30-31-24(32)12-13-29-26(33)20-6-4-5-7-21(20)28/h4-11,14-16H,12-13H2,1-3H3,(H,29,33)(H,31,32). The molecule has 3 rings (SSSR count). The molecule has 2 amide bonds. The number of carbonyl (C=O) groups excluding carboxylic acids is 3. The van der Waals surface area contributed by atoms with Crippen molar-refractivity contribution in [2.24, 2.45) is 5.10 Å². The van der Waals surface area contributed by atoms with Crippen LogP contribution in [0.2, 0.25) is 5.02 Å². The molecule has 0 aliphatic carbocycles. The van der Waals surface area contributed by atoms with Crippen molar-refractivity contribution in [3.05, 3.63) is 82.4 Å². The fourth-order valence-corrected chi connectivity index (χ4v) is 3.47. The van der Waals surface area contributed by atoms with Crippen LogP contribution < -0.4 is 29.7 Å². The van der Waals surface area contributed by atoms with Gasteiger partial charge in [-0.3, -0.25) is 9.59 Å². The Morgan fingerprint density at radius 3 is 2.18 bits per heavy atom. The predicted molar refractivity (Wildman–Crippen MR) is 142 cm³/mol. The lowest BCUT2D eigenvalue weighted by molar-refractivity contribution is -0.120. The van der Waals surface area contributed by atoms with Gasteiger partial charge in [0.2, 0.25) is 11.7 Å². The van der Waals surface area contributed by atoms with Crippen LogP contribution in [0.25, 0.3) is 0 Å². The highest BCUT2D eigenvalue weighted by molar-refractivity contribution is 6.33. The number of hydrazone groups is 1. The van der Waals surface area contributed by atoms with Gasteiger partial charge in [-0.2, -0.15) is 5.10 Å². The van der Waals surface area contributed by atoms with Gasteiger partial charge in [0.05, 0.1) is 43.7 Å². The quantitative estimate of drug-likeness (QED) is 0.164. The molecule has 0 spiro atoms. The van der Waals surface area contributed by atoms with Crippen LogP contribution in [0.3, 0.4) is 0 Å². The van der Waals surface area contributed by atoms with E-state index in [2.05, 4.69) is 15.8 Å². The number of rotatable bonds is 11. The number of amides is 2. The molecule has 11 heteroatoms. The van der Waals surface area contributed by atoms with E-state index in [1.807, 2.05) is 0 Å². The number of esters is 1. The molecule has 0 bridgehead atoms. The van der Waals surface area contributed by atoms with E-state index >= 15 is 0 Å². The predicted octanol–water partition coefficient (Wildman–Crippen LogP) is 3.86. The highest BCUT2D eigenvalue weighted by Crippen LogP contribution is 2.38. The molecule has 0 atom stereocenters. The van der Waals surface area contributed by atoms with Crippen LogP contribution in [0, 0.1) is 0 Å². The van der Waals surface area contributed by atoms with Crippen LogP contribution in [-0.4, -0.2) is 51.9 Å². The number of benzene rings is 3. The summed E-state index contributed by atoms with van der Waals surface area (Å²) in [7, 11) is 4.38. The SMILES string of the molecule is COc1cc(C(=O)Oc2ccc(C=NNC(=O)CCNC(=O)c3ccccc3Cl)cc2)cc(OC)c1OC. The molecule has 0 fully saturated rings. The smallest absolute Gasteiger partial charge is 0.343 e. The summed E-state index contributed by atoms with van der Waals surface area (Å²) in [5.41, 5.74) is 3.60. The molecule has 0 aromatic heterocycles. The minimum Gasteiger partial charge on any atom is -0.493 e. The van der Waals surface area contributed by atoms with Gasteiger partial charge in [0, 0.05) is 13.0 Å². The summed E-state index contributed by atoms with van der Waals surface area (Å²) >= 11 is 5.99. The van der Waals surface area contributed by atoms with E-state index in [1.54, 1.807) is 48.5 Å². The summed E-state index contributed by atoms with van der Waals surface area (Å²) in [5, 5.41) is 6.87. The fourth-order valence-electron chi connectivity index (χ4n) is 3.25. The monoisotopic (exact) mass is 539 g/mol. The van der Waals surface area contributed by atoms with Crippen molar-refractivity contribution in [1.82, 2.24) is 10.7 Å². The Labute approximate surface area is 224 Å². The molecule has 2 N–H and O–H groups in total. The molecule has 10 nitrogen and oxygen atoms in total. The first kappa shape index (κ1) is 28.0. The van der Waals surface area contributed by atoms with Crippen LogP contribution in [0.1, 0.15) is 32.7 Å². The molecule has 0 aliphatic rings. The average molecular weight is 540 g/mol. The van der Waals surface area contributed by atoms with Crippen molar-refractivity contribution in [3.63, 3.8) is 0 Å². The van der Waals surface area contributed by atoms with Crippen molar-refractivity contribution in [3.8, 4) is 23.0 Å². The van der Waals surface area contributed by atoms with E-state index in [-0.39, 0.29) is 30.3 Å². The highest BCUT2D eigenvalue weighted by atomic mass is 35.5. The third-order valence-electron chi connectivity index (χ3n) is 5.15. The molecule has 0 heterocycles. The summed E-state index contributed by atoms with van der Waals surface area (Å²) in [6.45, 7) is 0.122. The molecular formula is C27H26ClN3O7. The number of hydrogen-bond acceptors (Lipinski definition) is 8. The van der Waals surface area contributed by atoms with Crippen LogP contribution in [-0.2, 0) is 4.79 Å². The van der Waals surface area contributed by atoms with Gasteiger partial charge >= 0.3 is 5.97 Å². The molecule has 0 saturated heterocycles. The largest absolute Gasteiger partial charge is 0.493 e. The number of ether oxygens (including phenoxy) is 4. The van der Waals surface area contributed by atoms with Crippen LogP contribution in [0.15, 0.2) is 65.8 Å². The Balaban J connectivity index is 1.48. The lowest BCUT2D eigenvalue weighted by atomic mass is 10.2. The summed E-state index contributed by atoms with van der Waals surface area (Å²) in [6.07, 6.45) is 1.47. The van der Waals surface area contributed by atoms with Crippen LogP contribution in [0.5, 0.6) is 23.0 Å².